The molecule has 3 heteroatoms. The second-order valence-corrected chi connectivity index (χ2v) is 4.97. The van der Waals surface area contributed by atoms with Crippen molar-refractivity contribution in [3.63, 3.8) is 0 Å². The van der Waals surface area contributed by atoms with E-state index in [1.807, 2.05) is 25.1 Å². The average molecular weight is 234 g/mol. The molecule has 94 valence electrons. The molecule has 1 aromatic carbocycles. The zero-order valence-electron chi connectivity index (χ0n) is 10.4. The lowest BCUT2D eigenvalue weighted by Gasteiger charge is -2.39. The van der Waals surface area contributed by atoms with Crippen LogP contribution < -0.4 is 10.6 Å². The van der Waals surface area contributed by atoms with Gasteiger partial charge in [0.05, 0.1) is 6.10 Å². The Morgan fingerprint density at radius 3 is 2.71 bits per heavy atom. The summed E-state index contributed by atoms with van der Waals surface area (Å²) < 4.78 is 0. The van der Waals surface area contributed by atoms with Gasteiger partial charge in [0.15, 0.2) is 0 Å². The molecule has 1 saturated heterocycles. The number of piperidine rings is 1. The summed E-state index contributed by atoms with van der Waals surface area (Å²) in [7, 11) is 0. The van der Waals surface area contributed by atoms with E-state index in [2.05, 4.69) is 17.0 Å². The molecule has 0 saturated carbocycles. The molecule has 17 heavy (non-hydrogen) atoms. The number of nitrogens with zero attached hydrogens (tertiary/aromatic N) is 1. The summed E-state index contributed by atoms with van der Waals surface area (Å²) >= 11 is 0. The first-order valence-corrected chi connectivity index (χ1v) is 6.44. The Labute approximate surface area is 103 Å². The minimum atomic E-state index is -0.229. The van der Waals surface area contributed by atoms with Crippen molar-refractivity contribution in [1.29, 1.82) is 0 Å². The van der Waals surface area contributed by atoms with Crippen molar-refractivity contribution in [3.8, 4) is 0 Å². The monoisotopic (exact) mass is 234 g/mol. The summed E-state index contributed by atoms with van der Waals surface area (Å²) in [6.45, 7) is 3.82. The van der Waals surface area contributed by atoms with Crippen LogP contribution in [0.5, 0.6) is 0 Å². The molecule has 3 nitrogen and oxygen atoms in total. The molecule has 1 aliphatic heterocycles. The summed E-state index contributed by atoms with van der Waals surface area (Å²) in [5.74, 6) is 0.295. The van der Waals surface area contributed by atoms with Crippen LogP contribution in [-0.2, 0) is 0 Å². The summed E-state index contributed by atoms with van der Waals surface area (Å²) in [6.07, 6.45) is 1.51. The number of para-hydroxylation sites is 1. The van der Waals surface area contributed by atoms with Gasteiger partial charge in [-0.05, 0) is 25.0 Å². The van der Waals surface area contributed by atoms with E-state index in [0.717, 1.165) is 25.9 Å². The Kier molecular flexibility index (Phi) is 4.02. The predicted molar refractivity (Wildman–Crippen MR) is 71.0 cm³/mol. The molecular weight excluding hydrogens is 212 g/mol. The molecule has 0 aromatic heterocycles. The maximum atomic E-state index is 9.98. The molecule has 1 fully saturated rings. The zero-order valence-corrected chi connectivity index (χ0v) is 10.4. The Bertz CT molecular complexity index is 341. The predicted octanol–water partition coefficient (Wildman–Crippen LogP) is 1.61. The van der Waals surface area contributed by atoms with Crippen molar-refractivity contribution < 1.29 is 5.11 Å². The number of anilines is 1. The fourth-order valence-electron chi connectivity index (χ4n) is 2.64. The third-order valence-corrected chi connectivity index (χ3v) is 3.60. The van der Waals surface area contributed by atoms with Crippen LogP contribution in [0.2, 0.25) is 0 Å². The smallest absolute Gasteiger partial charge is 0.0583 e. The van der Waals surface area contributed by atoms with E-state index in [1.165, 1.54) is 5.69 Å². The normalized spacial score (nSPS) is 26.9. The van der Waals surface area contributed by atoms with Gasteiger partial charge in [0.2, 0.25) is 0 Å². The van der Waals surface area contributed by atoms with Crippen molar-refractivity contribution in [3.05, 3.63) is 30.3 Å². The van der Waals surface area contributed by atoms with Gasteiger partial charge in [-0.25, -0.2) is 0 Å². The van der Waals surface area contributed by atoms with E-state index in [0.29, 0.717) is 5.92 Å². The van der Waals surface area contributed by atoms with Gasteiger partial charge >= 0.3 is 0 Å². The maximum absolute atomic E-state index is 9.98. The fraction of sp³-hybridized carbons (Fsp3) is 0.571. The molecule has 1 aromatic rings. The van der Waals surface area contributed by atoms with Gasteiger partial charge in [-0.2, -0.15) is 0 Å². The first kappa shape index (κ1) is 12.4. The number of aliphatic hydroxyl groups is 1. The lowest BCUT2D eigenvalue weighted by Crippen LogP contribution is -2.50. The third-order valence-electron chi connectivity index (χ3n) is 3.60. The van der Waals surface area contributed by atoms with Crippen LogP contribution in [0.4, 0.5) is 5.69 Å². The van der Waals surface area contributed by atoms with Crippen LogP contribution >= 0.6 is 0 Å². The van der Waals surface area contributed by atoms with Gasteiger partial charge in [0, 0.05) is 30.7 Å². The van der Waals surface area contributed by atoms with Crippen LogP contribution in [0, 0.1) is 5.92 Å². The Morgan fingerprint density at radius 2 is 2.06 bits per heavy atom. The van der Waals surface area contributed by atoms with Crippen LogP contribution in [0.15, 0.2) is 30.3 Å². The number of rotatable bonds is 3. The highest BCUT2D eigenvalue weighted by Crippen LogP contribution is 2.25. The molecule has 0 bridgehead atoms. The van der Waals surface area contributed by atoms with Crippen LogP contribution in [0.25, 0.3) is 0 Å². The number of hydrogen-bond acceptors (Lipinski definition) is 3. The summed E-state index contributed by atoms with van der Waals surface area (Å²) in [5, 5.41) is 9.98. The molecule has 0 aliphatic carbocycles. The summed E-state index contributed by atoms with van der Waals surface area (Å²) in [4.78, 5) is 2.29. The van der Waals surface area contributed by atoms with Gasteiger partial charge in [0.25, 0.3) is 0 Å². The topological polar surface area (TPSA) is 49.5 Å². The number of hydrogen-bond donors (Lipinski definition) is 2. The molecule has 0 amide bonds. The van der Waals surface area contributed by atoms with Crippen LogP contribution in [-0.4, -0.2) is 30.3 Å². The van der Waals surface area contributed by atoms with E-state index in [-0.39, 0.29) is 12.1 Å². The standard InChI is InChI=1S/C14H22N2O/c1-2-14(17)11-8-12(15)10-16(9-11)13-6-4-3-5-7-13/h3-7,11-12,14,17H,2,8-10,15H2,1H3. The van der Waals surface area contributed by atoms with Crippen molar-refractivity contribution in [1.82, 2.24) is 0 Å². The van der Waals surface area contributed by atoms with Crippen molar-refractivity contribution >= 4 is 5.69 Å². The quantitative estimate of drug-likeness (QED) is 0.835. The molecule has 2 rings (SSSR count). The molecule has 3 N–H and O–H groups in total. The zero-order chi connectivity index (χ0) is 12.3. The number of aliphatic hydroxyl groups excluding tert-OH is 1. The molecule has 3 atom stereocenters. The Balaban J connectivity index is 2.09. The average Bonchev–Trinajstić information content (AvgIpc) is 2.38. The highest BCUT2D eigenvalue weighted by Gasteiger charge is 2.29. The van der Waals surface area contributed by atoms with Crippen molar-refractivity contribution in [2.24, 2.45) is 11.7 Å². The minimum absolute atomic E-state index is 0.162. The van der Waals surface area contributed by atoms with Gasteiger partial charge in [-0.15, -0.1) is 0 Å². The van der Waals surface area contributed by atoms with Crippen LogP contribution in [0.3, 0.4) is 0 Å². The number of nitrogens with two attached hydrogens (primary N) is 1. The third kappa shape index (κ3) is 2.99. The Hall–Kier alpha value is -1.06. The minimum Gasteiger partial charge on any atom is -0.393 e. The SMILES string of the molecule is CCC(O)C1CC(N)CN(c2ccccc2)C1. The van der Waals surface area contributed by atoms with Crippen molar-refractivity contribution in [2.75, 3.05) is 18.0 Å². The Morgan fingerprint density at radius 1 is 1.35 bits per heavy atom. The molecule has 1 heterocycles. The first-order chi connectivity index (χ1) is 8.20. The van der Waals surface area contributed by atoms with E-state index in [4.69, 9.17) is 5.73 Å². The van der Waals surface area contributed by atoms with E-state index in [1.54, 1.807) is 0 Å². The highest BCUT2D eigenvalue weighted by molar-refractivity contribution is 5.46. The van der Waals surface area contributed by atoms with E-state index < -0.39 is 0 Å². The molecule has 0 spiro atoms. The molecule has 0 radical (unpaired) electrons. The summed E-state index contributed by atoms with van der Waals surface area (Å²) in [6, 6.07) is 10.5. The van der Waals surface area contributed by atoms with E-state index in [9.17, 15) is 5.11 Å². The van der Waals surface area contributed by atoms with Crippen LogP contribution in [0.1, 0.15) is 19.8 Å². The number of benzene rings is 1. The largest absolute Gasteiger partial charge is 0.393 e. The van der Waals surface area contributed by atoms with Gasteiger partial charge in [-0.1, -0.05) is 25.1 Å². The van der Waals surface area contributed by atoms with Crippen molar-refractivity contribution in [2.45, 2.75) is 31.9 Å². The molecule has 1 aliphatic rings. The second-order valence-electron chi connectivity index (χ2n) is 4.97. The molecular formula is C14H22N2O. The van der Waals surface area contributed by atoms with Gasteiger partial charge in [0.1, 0.15) is 0 Å². The first-order valence-electron chi connectivity index (χ1n) is 6.44. The second kappa shape index (κ2) is 5.52. The maximum Gasteiger partial charge on any atom is 0.0583 e. The summed E-state index contributed by atoms with van der Waals surface area (Å²) in [5.41, 5.74) is 7.30. The highest BCUT2D eigenvalue weighted by atomic mass is 16.3. The lowest BCUT2D eigenvalue weighted by molar-refractivity contribution is 0.0902. The van der Waals surface area contributed by atoms with Gasteiger partial charge < -0.3 is 15.7 Å². The van der Waals surface area contributed by atoms with Gasteiger partial charge in [-0.3, -0.25) is 0 Å². The van der Waals surface area contributed by atoms with E-state index >= 15 is 0 Å². The lowest BCUT2D eigenvalue weighted by atomic mass is 9.88. The molecule has 3 unspecified atom stereocenters. The fourth-order valence-corrected chi connectivity index (χ4v) is 2.64.